The highest BCUT2D eigenvalue weighted by Gasteiger charge is 1.99. The first kappa shape index (κ1) is 14.2. The van der Waals surface area contributed by atoms with Crippen LogP contribution >= 0.6 is 12.6 Å². The third-order valence-electron chi connectivity index (χ3n) is 0.436. The summed E-state index contributed by atoms with van der Waals surface area (Å²) < 4.78 is 31.3. The Morgan fingerprint density at radius 1 is 1.75 bits per heavy atom. The molecule has 0 saturated heterocycles. The fourth-order valence-electron chi connectivity index (χ4n) is 0.189. The second-order valence-corrected chi connectivity index (χ2v) is 3.21. The first-order valence-corrected chi connectivity index (χ1v) is 4.75. The first-order chi connectivity index (χ1) is 5.29. The van der Waals surface area contributed by atoms with Gasteiger partial charge in [0.1, 0.15) is 5.17 Å². The number of nitrogens with one attached hydrogen (secondary N) is 1. The molecule has 0 aliphatic rings. The maximum atomic E-state index is 9.72. The van der Waals surface area contributed by atoms with Crippen LogP contribution in [0, 0.1) is 5.41 Å². The molecule has 0 atom stereocenters. The fourth-order valence-corrected chi connectivity index (χ4v) is 0.566. The normalized spacial score (nSPS) is 9.92. The zero-order valence-corrected chi connectivity index (χ0v) is 8.23. The van der Waals surface area contributed by atoms with E-state index in [1.807, 2.05) is 0 Å². The number of amidine groups is 1. The highest BCUT2D eigenvalue weighted by atomic mass is 32.3. The second-order valence-electron chi connectivity index (χ2n) is 1.63. The molecule has 74 valence electrons. The largest absolute Gasteiger partial charge is 0.397 e. The molecule has 6 nitrogen and oxygen atoms in total. The molecule has 0 fully saturated rings. The van der Waals surface area contributed by atoms with Gasteiger partial charge in [-0.2, -0.15) is 8.42 Å². The smallest absolute Gasteiger partial charge is 0.379 e. The van der Waals surface area contributed by atoms with Crippen LogP contribution < -0.4 is 5.73 Å². The Morgan fingerprint density at radius 2 is 2.08 bits per heavy atom. The van der Waals surface area contributed by atoms with Crippen molar-refractivity contribution >= 4 is 28.2 Å². The average Bonchev–Trinajstić information content (AvgIpc) is 1.80. The molecule has 0 amide bonds. The van der Waals surface area contributed by atoms with Crippen LogP contribution in [0.25, 0.3) is 0 Å². The van der Waals surface area contributed by atoms with Crippen molar-refractivity contribution in [1.29, 1.82) is 5.41 Å². The Morgan fingerprint density at radius 3 is 2.17 bits per heavy atom. The van der Waals surface area contributed by atoms with E-state index in [2.05, 4.69) is 22.5 Å². The molecule has 0 bridgehead atoms. The molecule has 0 rings (SSSR count). The fraction of sp³-hybridized carbons (Fsp3) is 0.750. The molecule has 0 aromatic carbocycles. The van der Waals surface area contributed by atoms with Gasteiger partial charge in [-0.3, -0.25) is 9.96 Å². The van der Waals surface area contributed by atoms with Crippen LogP contribution in [0.2, 0.25) is 0 Å². The van der Waals surface area contributed by atoms with Gasteiger partial charge in [0, 0.05) is 0 Å². The molecule has 0 heterocycles. The van der Waals surface area contributed by atoms with E-state index in [-0.39, 0.29) is 11.8 Å². The molecular weight excluding hydrogens is 204 g/mol. The van der Waals surface area contributed by atoms with Crippen molar-refractivity contribution in [2.75, 3.05) is 6.61 Å². The molecule has 0 unspecified atom stereocenters. The third-order valence-corrected chi connectivity index (χ3v) is 0.901. The van der Waals surface area contributed by atoms with Crippen LogP contribution in [-0.2, 0) is 14.6 Å². The van der Waals surface area contributed by atoms with E-state index in [9.17, 15) is 8.42 Å². The molecule has 8 heteroatoms. The Balaban J connectivity index is 0. The van der Waals surface area contributed by atoms with Gasteiger partial charge in [0.25, 0.3) is 0 Å². The summed E-state index contributed by atoms with van der Waals surface area (Å²) in [5, 5.41) is 6.00. The van der Waals surface area contributed by atoms with E-state index in [1.54, 1.807) is 6.92 Å². The summed E-state index contributed by atoms with van der Waals surface area (Å²) >= 11 is 3.33. The lowest BCUT2D eigenvalue weighted by Gasteiger charge is -1.92. The predicted octanol–water partition coefficient (Wildman–Crippen LogP) is 0.0255. The topological polar surface area (TPSA) is 113 Å². The van der Waals surface area contributed by atoms with Crippen molar-refractivity contribution in [2.24, 2.45) is 5.73 Å². The van der Waals surface area contributed by atoms with Crippen molar-refractivity contribution in [2.45, 2.75) is 13.3 Å². The Labute approximate surface area is 77.0 Å². The molecular formula is C4H12N2O4S2. The summed E-state index contributed by atoms with van der Waals surface area (Å²) in [5.74, 6) is 0. The molecule has 0 saturated carbocycles. The van der Waals surface area contributed by atoms with Gasteiger partial charge in [0.2, 0.25) is 0 Å². The molecule has 0 aromatic heterocycles. The quantitative estimate of drug-likeness (QED) is 0.230. The summed E-state index contributed by atoms with van der Waals surface area (Å²) in [4.78, 5) is 0. The highest BCUT2D eigenvalue weighted by Crippen LogP contribution is 1.86. The third kappa shape index (κ3) is 33.3. The molecule has 0 spiro atoms. The van der Waals surface area contributed by atoms with Gasteiger partial charge in [-0.05, 0) is 6.42 Å². The van der Waals surface area contributed by atoms with Gasteiger partial charge in [-0.1, -0.05) is 6.92 Å². The van der Waals surface area contributed by atoms with Gasteiger partial charge in [0.15, 0.2) is 0 Å². The van der Waals surface area contributed by atoms with Crippen molar-refractivity contribution in [1.82, 2.24) is 0 Å². The van der Waals surface area contributed by atoms with Crippen LogP contribution in [0.4, 0.5) is 0 Å². The van der Waals surface area contributed by atoms with Gasteiger partial charge < -0.3 is 5.73 Å². The minimum atomic E-state index is -4.19. The van der Waals surface area contributed by atoms with E-state index < -0.39 is 10.4 Å². The van der Waals surface area contributed by atoms with Crippen molar-refractivity contribution < 1.29 is 17.2 Å². The van der Waals surface area contributed by atoms with Gasteiger partial charge in [-0.15, -0.1) is 12.6 Å². The van der Waals surface area contributed by atoms with Crippen LogP contribution in [0.5, 0.6) is 0 Å². The minimum absolute atomic E-state index is 0.0405. The first-order valence-electron chi connectivity index (χ1n) is 2.94. The number of nitrogens with two attached hydrogens (primary N) is 1. The van der Waals surface area contributed by atoms with Gasteiger partial charge in [0.05, 0.1) is 6.61 Å². The van der Waals surface area contributed by atoms with Crippen molar-refractivity contribution in [3.05, 3.63) is 0 Å². The minimum Gasteiger partial charge on any atom is -0.379 e. The Kier molecular flexibility index (Phi) is 8.71. The molecule has 4 N–H and O–H groups in total. The van der Waals surface area contributed by atoms with Crippen LogP contribution in [0.15, 0.2) is 0 Å². The summed E-state index contributed by atoms with van der Waals surface area (Å²) in [6.07, 6.45) is 0.569. The zero-order chi connectivity index (χ0) is 10.2. The zero-order valence-electron chi connectivity index (χ0n) is 6.52. The van der Waals surface area contributed by atoms with Crippen LogP contribution in [0.3, 0.4) is 0 Å². The van der Waals surface area contributed by atoms with Gasteiger partial charge in [-0.25, -0.2) is 4.18 Å². The number of hydrogen-bond acceptors (Lipinski definition) is 4. The average molecular weight is 216 g/mol. The van der Waals surface area contributed by atoms with E-state index in [0.717, 1.165) is 0 Å². The van der Waals surface area contributed by atoms with E-state index in [1.165, 1.54) is 0 Å². The number of hydrogen-bond donors (Lipinski definition) is 4. The summed E-state index contributed by atoms with van der Waals surface area (Å²) in [5.41, 5.74) is 4.56. The van der Waals surface area contributed by atoms with Crippen molar-refractivity contribution in [3.63, 3.8) is 0 Å². The summed E-state index contributed by atoms with van der Waals surface area (Å²) in [7, 11) is -4.19. The van der Waals surface area contributed by atoms with Crippen LogP contribution in [-0.4, -0.2) is 24.7 Å². The maximum absolute atomic E-state index is 9.72. The SMILES string of the molecule is CCCOS(=O)(=O)O.N=C(N)S. The highest BCUT2D eigenvalue weighted by molar-refractivity contribution is 7.96. The van der Waals surface area contributed by atoms with E-state index in [0.29, 0.717) is 6.42 Å². The lowest BCUT2D eigenvalue weighted by Crippen LogP contribution is -2.03. The molecule has 0 aliphatic carbocycles. The van der Waals surface area contributed by atoms with E-state index in [4.69, 9.17) is 9.96 Å². The standard InChI is InChI=1S/C3H8O4S.CH4N2S/c1-2-3-7-8(4,5)6;2-1(3)4/h2-3H2,1H3,(H,4,5,6);(H4,2,3,4). The second kappa shape index (κ2) is 7.35. The molecule has 0 radical (unpaired) electrons. The maximum Gasteiger partial charge on any atom is 0.397 e. The molecule has 0 aromatic rings. The number of thiol groups is 1. The summed E-state index contributed by atoms with van der Waals surface area (Å²) in [6.45, 7) is 1.78. The van der Waals surface area contributed by atoms with E-state index >= 15 is 0 Å². The predicted molar refractivity (Wildman–Crippen MR) is 48.7 cm³/mol. The Hall–Kier alpha value is -0.310. The Bertz CT molecular complexity index is 209. The lowest BCUT2D eigenvalue weighted by molar-refractivity contribution is 0.269. The summed E-state index contributed by atoms with van der Waals surface area (Å²) in [6, 6.07) is 0. The lowest BCUT2D eigenvalue weighted by atomic mass is 10.5. The number of rotatable bonds is 3. The van der Waals surface area contributed by atoms with Crippen molar-refractivity contribution in [3.8, 4) is 0 Å². The van der Waals surface area contributed by atoms with Gasteiger partial charge >= 0.3 is 10.4 Å². The molecule has 12 heavy (non-hydrogen) atoms. The monoisotopic (exact) mass is 216 g/mol. The molecule has 0 aliphatic heterocycles. The van der Waals surface area contributed by atoms with Crippen LogP contribution in [0.1, 0.15) is 13.3 Å².